The number of benzene rings is 1. The monoisotopic (exact) mass is 406 g/mol. The van der Waals surface area contributed by atoms with E-state index in [0.717, 1.165) is 5.56 Å². The van der Waals surface area contributed by atoms with Crippen LogP contribution < -0.4 is 0 Å². The number of ether oxygens (including phenoxy) is 1. The van der Waals surface area contributed by atoms with E-state index in [2.05, 4.69) is 4.99 Å². The average molecular weight is 407 g/mol. The molecule has 8 heteroatoms. The number of hydrogen-bond donors (Lipinski definition) is 0. The van der Waals surface area contributed by atoms with Crippen LogP contribution in [0.1, 0.15) is 18.4 Å². The van der Waals surface area contributed by atoms with Gasteiger partial charge < -0.3 is 9.64 Å². The third kappa shape index (κ3) is 1.83. The van der Waals surface area contributed by atoms with Crippen LogP contribution in [0.3, 0.4) is 0 Å². The number of aliphatic imine (C=N–C) groups is 1. The summed E-state index contributed by atoms with van der Waals surface area (Å²) in [6, 6.07) is 6.96. The molecule has 0 radical (unpaired) electrons. The van der Waals surface area contributed by atoms with E-state index in [1.165, 1.54) is 7.11 Å². The first kappa shape index (κ1) is 17.2. The zero-order chi connectivity index (χ0) is 19.1. The average Bonchev–Trinajstić information content (AvgIpc) is 3.10. The Labute approximate surface area is 165 Å². The number of carbonyl (C=O) groups is 3. The van der Waals surface area contributed by atoms with Crippen LogP contribution in [0, 0.1) is 11.8 Å². The van der Waals surface area contributed by atoms with E-state index in [4.69, 9.17) is 27.9 Å². The van der Waals surface area contributed by atoms with Crippen molar-refractivity contribution >= 4 is 52.3 Å². The van der Waals surface area contributed by atoms with Gasteiger partial charge in [0.05, 0.1) is 25.3 Å². The summed E-state index contributed by atoms with van der Waals surface area (Å²) in [6.07, 6.45) is 0.481. The summed E-state index contributed by atoms with van der Waals surface area (Å²) in [5, 5.41) is 0. The molecular formula is C19H16Cl2N2O4. The van der Waals surface area contributed by atoms with Crippen LogP contribution in [0.2, 0.25) is 0 Å². The molecule has 2 bridgehead atoms. The van der Waals surface area contributed by atoms with Crippen LogP contribution in [-0.4, -0.2) is 52.3 Å². The first-order valence-corrected chi connectivity index (χ1v) is 9.58. The zero-order valence-electron chi connectivity index (χ0n) is 14.4. The van der Waals surface area contributed by atoms with Crippen molar-refractivity contribution in [3.63, 3.8) is 0 Å². The van der Waals surface area contributed by atoms with Gasteiger partial charge in [-0.05, 0) is 24.0 Å². The highest BCUT2D eigenvalue weighted by atomic mass is 35.5. The van der Waals surface area contributed by atoms with Crippen LogP contribution in [0.15, 0.2) is 29.3 Å². The Morgan fingerprint density at radius 2 is 2.07 bits per heavy atom. The molecule has 4 aliphatic rings. The molecule has 1 saturated carbocycles. The fourth-order valence-electron chi connectivity index (χ4n) is 5.41. The van der Waals surface area contributed by atoms with E-state index in [1.807, 2.05) is 18.2 Å². The molecular weight excluding hydrogens is 391 g/mol. The molecule has 1 amide bonds. The van der Waals surface area contributed by atoms with Crippen molar-refractivity contribution in [1.29, 1.82) is 0 Å². The lowest BCUT2D eigenvalue weighted by molar-refractivity contribution is -0.145. The second kappa shape index (κ2) is 5.32. The minimum Gasteiger partial charge on any atom is -0.469 e. The van der Waals surface area contributed by atoms with Crippen molar-refractivity contribution in [3.05, 3.63) is 29.8 Å². The highest BCUT2D eigenvalue weighted by molar-refractivity contribution is 6.64. The number of alkyl halides is 2. The molecule has 5 rings (SSSR count). The number of esters is 1. The first-order chi connectivity index (χ1) is 12.8. The number of hydrogen-bond acceptors (Lipinski definition) is 5. The van der Waals surface area contributed by atoms with E-state index in [9.17, 15) is 14.4 Å². The molecule has 1 aromatic rings. The van der Waals surface area contributed by atoms with Gasteiger partial charge in [0.15, 0.2) is 5.78 Å². The van der Waals surface area contributed by atoms with Gasteiger partial charge >= 0.3 is 5.97 Å². The fraction of sp³-hybridized carbons (Fsp3) is 0.474. The number of methoxy groups -OCH3 is 1. The second-order valence-corrected chi connectivity index (χ2v) is 8.91. The maximum Gasteiger partial charge on any atom is 0.305 e. The molecule has 2 saturated heterocycles. The second-order valence-electron chi connectivity index (χ2n) is 7.58. The van der Waals surface area contributed by atoms with Crippen molar-refractivity contribution in [1.82, 2.24) is 4.90 Å². The topological polar surface area (TPSA) is 76.0 Å². The fourth-order valence-corrected chi connectivity index (χ4v) is 6.26. The minimum atomic E-state index is -1.82. The largest absolute Gasteiger partial charge is 0.469 e. The van der Waals surface area contributed by atoms with Crippen LogP contribution in [0.5, 0.6) is 0 Å². The SMILES string of the molecule is COC(=O)C[C@@H]1CN2C(=O)C(Cl)(Cl)[C@@]34C(=Nc5ccccc53)C(=O)[C@H]1C[C@H]24. The number of rotatable bonds is 2. The maximum atomic E-state index is 13.4. The number of Topliss-reactive ketones (excluding diaryl/α,β-unsaturated/α-hetero) is 1. The Hall–Kier alpha value is -1.92. The van der Waals surface area contributed by atoms with Crippen LogP contribution in [0.25, 0.3) is 0 Å². The van der Waals surface area contributed by atoms with Gasteiger partial charge in [-0.3, -0.25) is 14.4 Å². The third-order valence-electron chi connectivity index (χ3n) is 6.54. The van der Waals surface area contributed by atoms with Crippen LogP contribution in [0.4, 0.5) is 5.69 Å². The number of para-hydroxylation sites is 1. The van der Waals surface area contributed by atoms with E-state index in [1.54, 1.807) is 11.0 Å². The quantitative estimate of drug-likeness (QED) is 0.556. The van der Waals surface area contributed by atoms with E-state index in [-0.39, 0.29) is 36.4 Å². The number of ketones is 1. The number of carbonyl (C=O) groups excluding carboxylic acids is 3. The van der Waals surface area contributed by atoms with Gasteiger partial charge in [0.2, 0.25) is 4.33 Å². The summed E-state index contributed by atoms with van der Waals surface area (Å²) >= 11 is 13.4. The van der Waals surface area contributed by atoms with Crippen molar-refractivity contribution in [2.24, 2.45) is 16.8 Å². The number of fused-ring (bicyclic) bond motifs is 2. The van der Waals surface area contributed by atoms with Crippen molar-refractivity contribution < 1.29 is 19.1 Å². The normalized spacial score (nSPS) is 34.9. The Balaban J connectivity index is 1.72. The van der Waals surface area contributed by atoms with Gasteiger partial charge in [-0.15, -0.1) is 0 Å². The van der Waals surface area contributed by atoms with E-state index < -0.39 is 27.5 Å². The highest BCUT2D eigenvalue weighted by Crippen LogP contribution is 2.64. The smallest absolute Gasteiger partial charge is 0.305 e. The number of amides is 1. The summed E-state index contributed by atoms with van der Waals surface area (Å²) in [5.74, 6) is -1.74. The van der Waals surface area contributed by atoms with E-state index >= 15 is 0 Å². The number of nitrogens with zero attached hydrogens (tertiary/aromatic N) is 2. The molecule has 3 fully saturated rings. The Morgan fingerprint density at radius 1 is 1.33 bits per heavy atom. The zero-order valence-corrected chi connectivity index (χ0v) is 16.0. The molecule has 4 atom stereocenters. The molecule has 1 aliphatic carbocycles. The van der Waals surface area contributed by atoms with Gasteiger partial charge in [0.1, 0.15) is 11.1 Å². The molecule has 6 nitrogen and oxygen atoms in total. The number of halogens is 2. The summed E-state index contributed by atoms with van der Waals surface area (Å²) in [4.78, 5) is 44.7. The molecule has 1 spiro atoms. The minimum absolute atomic E-state index is 0.0637. The van der Waals surface area contributed by atoms with Crippen molar-refractivity contribution in [3.8, 4) is 0 Å². The van der Waals surface area contributed by atoms with Gasteiger partial charge in [-0.2, -0.15) is 0 Å². The van der Waals surface area contributed by atoms with E-state index in [0.29, 0.717) is 12.1 Å². The van der Waals surface area contributed by atoms with Gasteiger partial charge in [-0.1, -0.05) is 41.4 Å². The lowest BCUT2D eigenvalue weighted by atomic mass is 9.58. The molecule has 0 aromatic heterocycles. The van der Waals surface area contributed by atoms with Crippen LogP contribution in [-0.2, 0) is 24.5 Å². The molecule has 140 valence electrons. The summed E-state index contributed by atoms with van der Waals surface area (Å²) in [7, 11) is 1.31. The van der Waals surface area contributed by atoms with Gasteiger partial charge in [0.25, 0.3) is 5.91 Å². The van der Waals surface area contributed by atoms with Crippen LogP contribution >= 0.6 is 23.2 Å². The first-order valence-electron chi connectivity index (χ1n) is 8.82. The third-order valence-corrected chi connectivity index (χ3v) is 7.46. The molecule has 3 heterocycles. The van der Waals surface area contributed by atoms with Gasteiger partial charge in [0, 0.05) is 12.5 Å². The molecule has 1 aromatic carbocycles. The summed E-state index contributed by atoms with van der Waals surface area (Å²) in [5.41, 5.74) is 0.441. The van der Waals surface area contributed by atoms with Crippen molar-refractivity contribution in [2.75, 3.05) is 13.7 Å². The summed E-state index contributed by atoms with van der Waals surface area (Å²) in [6.45, 7) is 0.257. The molecule has 0 N–H and O–H groups in total. The van der Waals surface area contributed by atoms with Gasteiger partial charge in [-0.25, -0.2) is 4.99 Å². The predicted molar refractivity (Wildman–Crippen MR) is 98.4 cm³/mol. The summed E-state index contributed by atoms with van der Waals surface area (Å²) < 4.78 is 2.96. The molecule has 27 heavy (non-hydrogen) atoms. The lowest BCUT2D eigenvalue weighted by Gasteiger charge is -2.49. The molecule has 0 unspecified atom stereocenters. The van der Waals surface area contributed by atoms with Crippen molar-refractivity contribution in [2.45, 2.75) is 28.6 Å². The Morgan fingerprint density at radius 3 is 2.81 bits per heavy atom. The standard InChI is InChI=1S/C19H16Cl2N2O4/c1-27-14(24)6-9-8-23-13-7-10(9)15(25)16-18(13,19(20,21)17(23)26)11-4-2-3-5-12(11)22-16/h2-5,9-10,13H,6-8H2,1H3/t9-,10+,13+,18+/m1/s1. The lowest BCUT2D eigenvalue weighted by Crippen LogP contribution is -2.64. The number of piperidine rings is 1. The Bertz CT molecular complexity index is 943. The predicted octanol–water partition coefficient (Wildman–Crippen LogP) is 2.18. The Kier molecular flexibility index (Phi) is 3.39. The maximum absolute atomic E-state index is 13.4. The molecule has 3 aliphatic heterocycles. The highest BCUT2D eigenvalue weighted by Gasteiger charge is 2.77.